The van der Waals surface area contributed by atoms with Crippen LogP contribution in [0.4, 0.5) is 8.78 Å². The van der Waals surface area contributed by atoms with Gasteiger partial charge in [0.1, 0.15) is 0 Å². The van der Waals surface area contributed by atoms with E-state index in [0.29, 0.717) is 12.3 Å². The molecule has 1 rings (SSSR count). The molecule has 1 amide bonds. The van der Waals surface area contributed by atoms with E-state index in [-0.39, 0.29) is 5.56 Å². The van der Waals surface area contributed by atoms with Crippen LogP contribution in [0.15, 0.2) is 18.2 Å². The number of hydrogen-bond donors (Lipinski definition) is 1. The highest BCUT2D eigenvalue weighted by atomic mass is 35.5. The fourth-order valence-electron chi connectivity index (χ4n) is 1.35. The Balaban J connectivity index is 2.87. The molecular weight excluding hydrogens is 248 g/mol. The molecule has 0 saturated heterocycles. The molecule has 0 radical (unpaired) electrons. The molecule has 0 saturated carbocycles. The third-order valence-electron chi connectivity index (χ3n) is 2.37. The van der Waals surface area contributed by atoms with Crippen LogP contribution in [0.5, 0.6) is 0 Å². The molecule has 1 aromatic carbocycles. The van der Waals surface area contributed by atoms with Crippen molar-refractivity contribution in [1.29, 1.82) is 0 Å². The minimum absolute atomic E-state index is 0.298. The van der Waals surface area contributed by atoms with Gasteiger partial charge in [-0.1, -0.05) is 6.07 Å². The fraction of sp³-hybridized carbons (Fsp3) is 0.417. The van der Waals surface area contributed by atoms with Crippen molar-refractivity contribution in [3.8, 4) is 0 Å². The van der Waals surface area contributed by atoms with E-state index in [1.54, 1.807) is 13.8 Å². The zero-order valence-corrected chi connectivity index (χ0v) is 10.4. The van der Waals surface area contributed by atoms with Gasteiger partial charge in [0.15, 0.2) is 11.6 Å². The molecule has 0 bridgehead atoms. The van der Waals surface area contributed by atoms with Crippen LogP contribution in [0.25, 0.3) is 0 Å². The Morgan fingerprint density at radius 2 is 2.06 bits per heavy atom. The molecule has 0 aliphatic heterocycles. The normalized spacial score (nSPS) is 11.4. The van der Waals surface area contributed by atoms with E-state index in [1.165, 1.54) is 12.1 Å². The Morgan fingerprint density at radius 1 is 1.41 bits per heavy atom. The number of nitrogens with one attached hydrogen (secondary N) is 1. The number of carbonyl (C=O) groups is 1. The van der Waals surface area contributed by atoms with Crippen LogP contribution < -0.4 is 5.32 Å². The molecule has 17 heavy (non-hydrogen) atoms. The fourth-order valence-corrected chi connectivity index (χ4v) is 1.83. The molecule has 0 aliphatic carbocycles. The molecule has 0 aromatic heterocycles. The van der Waals surface area contributed by atoms with E-state index in [4.69, 9.17) is 11.6 Å². The van der Waals surface area contributed by atoms with E-state index in [2.05, 4.69) is 5.32 Å². The van der Waals surface area contributed by atoms with Crippen LogP contribution in [-0.4, -0.2) is 17.3 Å². The molecule has 0 unspecified atom stereocenters. The van der Waals surface area contributed by atoms with Gasteiger partial charge in [0, 0.05) is 11.4 Å². The quantitative estimate of drug-likeness (QED) is 0.829. The zero-order valence-electron chi connectivity index (χ0n) is 9.69. The summed E-state index contributed by atoms with van der Waals surface area (Å²) >= 11 is 5.59. The number of hydrogen-bond acceptors (Lipinski definition) is 1. The standard InChI is InChI=1S/C12H14ClF2NO/c1-12(2,6-7-13)16-11(17)8-4-3-5-9(14)10(8)15/h3-5H,6-7H2,1-2H3,(H,16,17). The summed E-state index contributed by atoms with van der Waals surface area (Å²) in [5.41, 5.74) is -0.856. The first kappa shape index (κ1) is 13.9. The molecule has 0 atom stereocenters. The van der Waals surface area contributed by atoms with Gasteiger partial charge in [-0.25, -0.2) is 8.78 Å². The van der Waals surface area contributed by atoms with Crippen molar-refractivity contribution in [2.45, 2.75) is 25.8 Å². The van der Waals surface area contributed by atoms with Crippen molar-refractivity contribution in [3.05, 3.63) is 35.4 Å². The lowest BCUT2D eigenvalue weighted by Crippen LogP contribution is -2.44. The zero-order chi connectivity index (χ0) is 13.1. The highest BCUT2D eigenvalue weighted by Crippen LogP contribution is 2.14. The molecule has 1 aromatic rings. The molecule has 5 heteroatoms. The molecule has 0 fully saturated rings. The van der Waals surface area contributed by atoms with Crippen molar-refractivity contribution < 1.29 is 13.6 Å². The lowest BCUT2D eigenvalue weighted by molar-refractivity contribution is 0.0906. The Bertz CT molecular complexity index is 421. The monoisotopic (exact) mass is 261 g/mol. The van der Waals surface area contributed by atoms with E-state index >= 15 is 0 Å². The van der Waals surface area contributed by atoms with Gasteiger partial charge in [-0.15, -0.1) is 11.6 Å². The topological polar surface area (TPSA) is 29.1 Å². The summed E-state index contributed by atoms with van der Waals surface area (Å²) in [6, 6.07) is 3.50. The molecule has 0 spiro atoms. The number of halogens is 3. The third-order valence-corrected chi connectivity index (χ3v) is 2.56. The summed E-state index contributed by atoms with van der Waals surface area (Å²) in [7, 11) is 0. The van der Waals surface area contributed by atoms with Gasteiger partial charge in [0.2, 0.25) is 0 Å². The van der Waals surface area contributed by atoms with E-state index in [0.717, 1.165) is 6.07 Å². The number of rotatable bonds is 4. The maximum Gasteiger partial charge on any atom is 0.254 e. The largest absolute Gasteiger partial charge is 0.347 e. The van der Waals surface area contributed by atoms with E-state index in [1.807, 2.05) is 0 Å². The summed E-state index contributed by atoms with van der Waals surface area (Å²) in [4.78, 5) is 11.7. The predicted octanol–water partition coefficient (Wildman–Crippen LogP) is 3.10. The van der Waals surface area contributed by atoms with Gasteiger partial charge < -0.3 is 5.32 Å². The maximum atomic E-state index is 13.4. The third kappa shape index (κ3) is 3.66. The second kappa shape index (κ2) is 5.45. The van der Waals surface area contributed by atoms with Crippen molar-refractivity contribution >= 4 is 17.5 Å². The Morgan fingerprint density at radius 3 is 2.65 bits per heavy atom. The minimum Gasteiger partial charge on any atom is -0.347 e. The summed E-state index contributed by atoms with van der Waals surface area (Å²) in [5, 5.41) is 2.61. The Hall–Kier alpha value is -1.16. The van der Waals surface area contributed by atoms with Crippen LogP contribution in [0.3, 0.4) is 0 Å². The summed E-state index contributed by atoms with van der Waals surface area (Å²) in [6.45, 7) is 3.54. The number of carbonyl (C=O) groups excluding carboxylic acids is 1. The first-order valence-corrected chi connectivity index (χ1v) is 5.73. The van der Waals surface area contributed by atoms with Crippen LogP contribution in [0.2, 0.25) is 0 Å². The second-order valence-corrected chi connectivity index (χ2v) is 4.76. The van der Waals surface area contributed by atoms with Crippen LogP contribution in [0, 0.1) is 11.6 Å². The maximum absolute atomic E-state index is 13.4. The summed E-state index contributed by atoms with van der Waals surface area (Å²) < 4.78 is 26.3. The van der Waals surface area contributed by atoms with Gasteiger partial charge in [0.25, 0.3) is 5.91 Å². The summed E-state index contributed by atoms with van der Waals surface area (Å²) in [5.74, 6) is -2.43. The molecule has 0 aliphatic rings. The second-order valence-electron chi connectivity index (χ2n) is 4.38. The summed E-state index contributed by atoms with van der Waals surface area (Å²) in [6.07, 6.45) is 0.539. The number of amides is 1. The van der Waals surface area contributed by atoms with Gasteiger partial charge >= 0.3 is 0 Å². The van der Waals surface area contributed by atoms with Crippen molar-refractivity contribution in [2.24, 2.45) is 0 Å². The average Bonchev–Trinajstić information content (AvgIpc) is 2.21. The predicted molar refractivity (Wildman–Crippen MR) is 63.2 cm³/mol. The first-order chi connectivity index (χ1) is 7.87. The lowest BCUT2D eigenvalue weighted by atomic mass is 10.0. The molecule has 1 N–H and O–H groups in total. The van der Waals surface area contributed by atoms with E-state index in [9.17, 15) is 13.6 Å². The van der Waals surface area contributed by atoms with Crippen molar-refractivity contribution in [2.75, 3.05) is 5.88 Å². The number of benzene rings is 1. The molecule has 2 nitrogen and oxygen atoms in total. The van der Waals surface area contributed by atoms with Gasteiger partial charge in [-0.05, 0) is 32.4 Å². The molecular formula is C12H14ClF2NO. The van der Waals surface area contributed by atoms with Crippen LogP contribution in [0.1, 0.15) is 30.6 Å². The van der Waals surface area contributed by atoms with Crippen molar-refractivity contribution in [3.63, 3.8) is 0 Å². The van der Waals surface area contributed by atoms with Crippen LogP contribution in [-0.2, 0) is 0 Å². The molecule has 94 valence electrons. The smallest absolute Gasteiger partial charge is 0.254 e. The van der Waals surface area contributed by atoms with Gasteiger partial charge in [0.05, 0.1) is 5.56 Å². The highest BCUT2D eigenvalue weighted by molar-refractivity contribution is 6.17. The Labute approximate surface area is 104 Å². The first-order valence-electron chi connectivity index (χ1n) is 5.20. The van der Waals surface area contributed by atoms with Crippen molar-refractivity contribution in [1.82, 2.24) is 5.32 Å². The van der Waals surface area contributed by atoms with Gasteiger partial charge in [-0.2, -0.15) is 0 Å². The Kier molecular flexibility index (Phi) is 4.46. The molecule has 0 heterocycles. The van der Waals surface area contributed by atoms with Crippen LogP contribution >= 0.6 is 11.6 Å². The SMILES string of the molecule is CC(C)(CCCl)NC(=O)c1cccc(F)c1F. The lowest BCUT2D eigenvalue weighted by Gasteiger charge is -2.25. The van der Waals surface area contributed by atoms with E-state index < -0.39 is 23.1 Å². The minimum atomic E-state index is -1.13. The average molecular weight is 262 g/mol. The van der Waals surface area contributed by atoms with Gasteiger partial charge in [-0.3, -0.25) is 4.79 Å². The number of alkyl halides is 1. The highest BCUT2D eigenvalue weighted by Gasteiger charge is 2.23.